The average Bonchev–Trinajstić information content (AvgIpc) is 2.61. The Labute approximate surface area is 149 Å². The van der Waals surface area contributed by atoms with Crippen molar-refractivity contribution in [1.29, 1.82) is 0 Å². The SMILES string of the molecule is CCc1ccc(C(=O)NCCC(C)N)cc1S(=O)(=O)N1CCOCC1. The van der Waals surface area contributed by atoms with Crippen molar-refractivity contribution in [3.63, 3.8) is 0 Å². The summed E-state index contributed by atoms with van der Waals surface area (Å²) in [5.74, 6) is -0.290. The molecule has 1 aliphatic heterocycles. The number of ether oxygens (including phenoxy) is 1. The molecule has 1 aromatic carbocycles. The zero-order chi connectivity index (χ0) is 18.4. The molecule has 0 bridgehead atoms. The molecular weight excluding hydrogens is 342 g/mol. The Kier molecular flexibility index (Phi) is 6.95. The van der Waals surface area contributed by atoms with Crippen molar-refractivity contribution >= 4 is 15.9 Å². The summed E-state index contributed by atoms with van der Waals surface area (Å²) in [5, 5.41) is 2.78. The van der Waals surface area contributed by atoms with Gasteiger partial charge in [0.15, 0.2) is 0 Å². The summed E-state index contributed by atoms with van der Waals surface area (Å²) in [6.07, 6.45) is 1.24. The highest BCUT2D eigenvalue weighted by molar-refractivity contribution is 7.89. The van der Waals surface area contributed by atoms with E-state index in [1.54, 1.807) is 12.1 Å². The summed E-state index contributed by atoms with van der Waals surface area (Å²) in [6, 6.07) is 4.86. The summed E-state index contributed by atoms with van der Waals surface area (Å²) < 4.78 is 32.6. The van der Waals surface area contributed by atoms with E-state index in [4.69, 9.17) is 10.5 Å². The number of sulfonamides is 1. The van der Waals surface area contributed by atoms with Crippen molar-refractivity contribution < 1.29 is 17.9 Å². The Bertz CT molecular complexity index is 698. The van der Waals surface area contributed by atoms with Crippen LogP contribution < -0.4 is 11.1 Å². The number of aryl methyl sites for hydroxylation is 1. The van der Waals surface area contributed by atoms with E-state index in [2.05, 4.69) is 5.32 Å². The molecule has 25 heavy (non-hydrogen) atoms. The summed E-state index contributed by atoms with van der Waals surface area (Å²) in [5.41, 5.74) is 6.72. The van der Waals surface area contributed by atoms with Gasteiger partial charge in [-0.2, -0.15) is 4.31 Å². The lowest BCUT2D eigenvalue weighted by Gasteiger charge is -2.27. The van der Waals surface area contributed by atoms with Crippen molar-refractivity contribution in [2.24, 2.45) is 5.73 Å². The molecule has 0 aliphatic carbocycles. The number of morpholine rings is 1. The van der Waals surface area contributed by atoms with E-state index >= 15 is 0 Å². The van der Waals surface area contributed by atoms with Crippen LogP contribution in [0.5, 0.6) is 0 Å². The lowest BCUT2D eigenvalue weighted by molar-refractivity contribution is 0.0730. The van der Waals surface area contributed by atoms with Gasteiger partial charge in [0.2, 0.25) is 10.0 Å². The molecule has 1 amide bonds. The van der Waals surface area contributed by atoms with Crippen molar-refractivity contribution in [2.75, 3.05) is 32.8 Å². The smallest absolute Gasteiger partial charge is 0.251 e. The van der Waals surface area contributed by atoms with Gasteiger partial charge in [-0.3, -0.25) is 4.79 Å². The Balaban J connectivity index is 2.26. The van der Waals surface area contributed by atoms with Gasteiger partial charge in [0, 0.05) is 31.2 Å². The Morgan fingerprint density at radius 1 is 1.36 bits per heavy atom. The van der Waals surface area contributed by atoms with Crippen LogP contribution in [0.2, 0.25) is 0 Å². The van der Waals surface area contributed by atoms with E-state index in [0.717, 1.165) is 0 Å². The van der Waals surface area contributed by atoms with E-state index in [-0.39, 0.29) is 16.8 Å². The maximum Gasteiger partial charge on any atom is 0.251 e. The number of amides is 1. The van der Waals surface area contributed by atoms with Gasteiger partial charge in [-0.25, -0.2) is 8.42 Å². The number of rotatable bonds is 7. The first-order valence-corrected chi connectivity index (χ1v) is 10.0. The number of nitrogens with one attached hydrogen (secondary N) is 1. The zero-order valence-electron chi connectivity index (χ0n) is 14.8. The molecule has 3 N–H and O–H groups in total. The number of benzene rings is 1. The Morgan fingerprint density at radius 3 is 2.64 bits per heavy atom. The summed E-state index contributed by atoms with van der Waals surface area (Å²) in [6.45, 7) is 5.66. The first-order chi connectivity index (χ1) is 11.9. The van der Waals surface area contributed by atoms with E-state index in [1.807, 2.05) is 13.8 Å². The topological polar surface area (TPSA) is 102 Å². The number of hydrogen-bond acceptors (Lipinski definition) is 5. The molecule has 7 nitrogen and oxygen atoms in total. The monoisotopic (exact) mass is 369 g/mol. The summed E-state index contributed by atoms with van der Waals surface area (Å²) >= 11 is 0. The van der Waals surface area contributed by atoms with Crippen LogP contribution in [0.1, 0.15) is 36.2 Å². The third-order valence-electron chi connectivity index (χ3n) is 4.18. The van der Waals surface area contributed by atoms with Crippen LogP contribution >= 0.6 is 0 Å². The second-order valence-electron chi connectivity index (χ2n) is 6.21. The number of hydrogen-bond donors (Lipinski definition) is 2. The van der Waals surface area contributed by atoms with Crippen LogP contribution in [0.3, 0.4) is 0 Å². The molecule has 2 rings (SSSR count). The molecule has 0 aromatic heterocycles. The molecule has 0 saturated carbocycles. The van der Waals surface area contributed by atoms with E-state index in [9.17, 15) is 13.2 Å². The molecule has 1 heterocycles. The highest BCUT2D eigenvalue weighted by atomic mass is 32.2. The van der Waals surface area contributed by atoms with Gasteiger partial charge in [-0.1, -0.05) is 13.0 Å². The first-order valence-electron chi connectivity index (χ1n) is 8.61. The summed E-state index contributed by atoms with van der Waals surface area (Å²) in [7, 11) is -3.64. The fraction of sp³-hybridized carbons (Fsp3) is 0.588. The molecule has 1 aliphatic rings. The van der Waals surface area contributed by atoms with Crippen molar-refractivity contribution in [2.45, 2.75) is 37.6 Å². The van der Waals surface area contributed by atoms with Gasteiger partial charge < -0.3 is 15.8 Å². The van der Waals surface area contributed by atoms with E-state index < -0.39 is 10.0 Å². The molecule has 1 atom stereocenters. The van der Waals surface area contributed by atoms with Crippen molar-refractivity contribution in [1.82, 2.24) is 9.62 Å². The quantitative estimate of drug-likeness (QED) is 0.738. The molecule has 1 aromatic rings. The molecule has 0 spiro atoms. The number of carbonyl (C=O) groups excluding carboxylic acids is 1. The Morgan fingerprint density at radius 2 is 2.04 bits per heavy atom. The molecular formula is C17H27N3O4S. The first kappa shape index (κ1) is 19.8. The summed E-state index contributed by atoms with van der Waals surface area (Å²) in [4.78, 5) is 12.5. The average molecular weight is 369 g/mol. The number of carbonyl (C=O) groups is 1. The molecule has 140 valence electrons. The predicted octanol–water partition coefficient (Wildman–Crippen LogP) is 0.737. The van der Waals surface area contributed by atoms with Crippen LogP contribution in [0.4, 0.5) is 0 Å². The zero-order valence-corrected chi connectivity index (χ0v) is 15.6. The molecule has 8 heteroatoms. The lowest BCUT2D eigenvalue weighted by Crippen LogP contribution is -2.41. The van der Waals surface area contributed by atoms with Gasteiger partial charge >= 0.3 is 0 Å². The standard InChI is InChI=1S/C17H27N3O4S/c1-3-14-4-5-15(17(21)19-7-6-13(2)18)12-16(14)25(22,23)20-8-10-24-11-9-20/h4-5,12-13H,3,6-11,18H2,1-2H3,(H,19,21). The van der Waals surface area contributed by atoms with Gasteiger partial charge in [0.05, 0.1) is 18.1 Å². The third-order valence-corrected chi connectivity index (χ3v) is 6.16. The van der Waals surface area contributed by atoms with Crippen LogP contribution in [-0.2, 0) is 21.2 Å². The van der Waals surface area contributed by atoms with Crippen LogP contribution in [0.25, 0.3) is 0 Å². The van der Waals surface area contributed by atoms with E-state index in [0.29, 0.717) is 56.8 Å². The number of nitrogens with zero attached hydrogens (tertiary/aromatic N) is 1. The predicted molar refractivity (Wildman–Crippen MR) is 96.0 cm³/mol. The second kappa shape index (κ2) is 8.75. The number of nitrogens with two attached hydrogens (primary N) is 1. The largest absolute Gasteiger partial charge is 0.379 e. The van der Waals surface area contributed by atoms with Gasteiger partial charge in [-0.05, 0) is 37.5 Å². The van der Waals surface area contributed by atoms with Gasteiger partial charge in [0.25, 0.3) is 5.91 Å². The molecule has 1 unspecified atom stereocenters. The minimum absolute atomic E-state index is 0.0000246. The highest BCUT2D eigenvalue weighted by Gasteiger charge is 2.28. The minimum atomic E-state index is -3.64. The van der Waals surface area contributed by atoms with Crippen molar-refractivity contribution in [3.05, 3.63) is 29.3 Å². The van der Waals surface area contributed by atoms with Crippen LogP contribution in [0.15, 0.2) is 23.1 Å². The van der Waals surface area contributed by atoms with Crippen LogP contribution in [-0.4, -0.2) is 57.5 Å². The Hall–Kier alpha value is -1.48. The maximum absolute atomic E-state index is 13.0. The minimum Gasteiger partial charge on any atom is -0.379 e. The third kappa shape index (κ3) is 5.01. The fourth-order valence-electron chi connectivity index (χ4n) is 2.67. The van der Waals surface area contributed by atoms with Gasteiger partial charge in [-0.15, -0.1) is 0 Å². The maximum atomic E-state index is 13.0. The van der Waals surface area contributed by atoms with Crippen LogP contribution in [0, 0.1) is 0 Å². The molecule has 0 radical (unpaired) electrons. The van der Waals surface area contributed by atoms with E-state index in [1.165, 1.54) is 10.4 Å². The van der Waals surface area contributed by atoms with Crippen molar-refractivity contribution in [3.8, 4) is 0 Å². The highest BCUT2D eigenvalue weighted by Crippen LogP contribution is 2.23. The van der Waals surface area contributed by atoms with Gasteiger partial charge in [0.1, 0.15) is 0 Å². The fourth-order valence-corrected chi connectivity index (χ4v) is 4.40. The lowest BCUT2D eigenvalue weighted by atomic mass is 10.1. The molecule has 1 fully saturated rings. The molecule has 1 saturated heterocycles. The normalized spacial score (nSPS) is 17.2. The second-order valence-corrected chi connectivity index (χ2v) is 8.12.